The Balaban J connectivity index is 3.58. The second kappa shape index (κ2) is 6.62. The Hall–Kier alpha value is -0.0800. The molecular formula is C9H24N2+2. The topological polar surface area (TPSA) is 8.88 Å². The summed E-state index contributed by atoms with van der Waals surface area (Å²) in [7, 11) is 0. The number of quaternary nitrogens is 2. The van der Waals surface area contributed by atoms with Crippen LogP contribution in [0.5, 0.6) is 0 Å². The lowest BCUT2D eigenvalue weighted by atomic mass is 10.5. The first-order chi connectivity index (χ1) is 5.28. The average Bonchev–Trinajstić information content (AvgIpc) is 2.07. The molecule has 0 aliphatic carbocycles. The van der Waals surface area contributed by atoms with Crippen LogP contribution in [0.3, 0.4) is 0 Å². The molecule has 0 atom stereocenters. The monoisotopic (exact) mass is 160 g/mol. The van der Waals surface area contributed by atoms with E-state index in [1.165, 1.54) is 32.8 Å². The summed E-state index contributed by atoms with van der Waals surface area (Å²) in [5.74, 6) is 0. The fourth-order valence-electron chi connectivity index (χ4n) is 1.35. The molecule has 0 spiro atoms. The van der Waals surface area contributed by atoms with Gasteiger partial charge in [-0.3, -0.25) is 9.80 Å². The summed E-state index contributed by atoms with van der Waals surface area (Å²) in [6.45, 7) is 15.4. The minimum Gasteiger partial charge on any atom is -0.289 e. The molecule has 2 N–H and O–H groups in total. The molecule has 2 nitrogen and oxygen atoms in total. The summed E-state index contributed by atoms with van der Waals surface area (Å²) in [6, 6.07) is 0. The molecule has 0 saturated carbocycles. The quantitative estimate of drug-likeness (QED) is 0.451. The van der Waals surface area contributed by atoms with Gasteiger partial charge in [0.25, 0.3) is 0 Å². The SMILES string of the molecule is CC[NH+](CC)C[NH+](CC)CC. The van der Waals surface area contributed by atoms with Crippen molar-refractivity contribution in [1.82, 2.24) is 0 Å². The van der Waals surface area contributed by atoms with Gasteiger partial charge in [0.05, 0.1) is 26.2 Å². The minimum atomic E-state index is 1.26. The first-order valence-electron chi connectivity index (χ1n) is 4.95. The van der Waals surface area contributed by atoms with Gasteiger partial charge in [0.15, 0.2) is 0 Å². The molecule has 0 amide bonds. The van der Waals surface area contributed by atoms with Gasteiger partial charge in [0.2, 0.25) is 6.67 Å². The lowest BCUT2D eigenvalue weighted by Gasteiger charge is -2.21. The number of nitrogens with one attached hydrogen (secondary N) is 2. The zero-order valence-corrected chi connectivity index (χ0v) is 8.54. The van der Waals surface area contributed by atoms with E-state index in [-0.39, 0.29) is 0 Å². The van der Waals surface area contributed by atoms with E-state index >= 15 is 0 Å². The molecule has 0 aromatic heterocycles. The summed E-state index contributed by atoms with van der Waals surface area (Å²) in [6.07, 6.45) is 0. The van der Waals surface area contributed by atoms with Crippen LogP contribution in [-0.2, 0) is 0 Å². The van der Waals surface area contributed by atoms with Gasteiger partial charge in [-0.2, -0.15) is 0 Å². The molecular weight excluding hydrogens is 136 g/mol. The van der Waals surface area contributed by atoms with Crippen molar-refractivity contribution < 1.29 is 9.80 Å². The molecule has 11 heavy (non-hydrogen) atoms. The van der Waals surface area contributed by atoms with E-state index in [4.69, 9.17) is 0 Å². The lowest BCUT2D eigenvalue weighted by Crippen LogP contribution is -3.30. The van der Waals surface area contributed by atoms with E-state index in [0.29, 0.717) is 0 Å². The molecule has 2 heteroatoms. The van der Waals surface area contributed by atoms with Crippen molar-refractivity contribution in [3.8, 4) is 0 Å². The Labute approximate surface area is 71.2 Å². The summed E-state index contributed by atoms with van der Waals surface area (Å²) < 4.78 is 0. The smallest absolute Gasteiger partial charge is 0.204 e. The Morgan fingerprint density at radius 1 is 0.636 bits per heavy atom. The first kappa shape index (κ1) is 10.9. The summed E-state index contributed by atoms with van der Waals surface area (Å²) in [5, 5.41) is 0. The molecule has 0 bridgehead atoms. The van der Waals surface area contributed by atoms with Crippen molar-refractivity contribution in [2.24, 2.45) is 0 Å². The molecule has 0 saturated heterocycles. The Morgan fingerprint density at radius 2 is 0.909 bits per heavy atom. The van der Waals surface area contributed by atoms with Crippen molar-refractivity contribution in [3.05, 3.63) is 0 Å². The minimum absolute atomic E-state index is 1.26. The molecule has 68 valence electrons. The molecule has 0 aromatic rings. The number of rotatable bonds is 6. The van der Waals surface area contributed by atoms with Crippen LogP contribution in [0.4, 0.5) is 0 Å². The predicted molar refractivity (Wildman–Crippen MR) is 49.0 cm³/mol. The van der Waals surface area contributed by atoms with Crippen molar-refractivity contribution in [2.75, 3.05) is 32.8 Å². The molecule has 0 rings (SSSR count). The second-order valence-electron chi connectivity index (χ2n) is 3.09. The maximum Gasteiger partial charge on any atom is 0.204 e. The van der Waals surface area contributed by atoms with Gasteiger partial charge in [-0.25, -0.2) is 0 Å². The van der Waals surface area contributed by atoms with E-state index in [9.17, 15) is 0 Å². The van der Waals surface area contributed by atoms with Gasteiger partial charge >= 0.3 is 0 Å². The zero-order chi connectivity index (χ0) is 8.69. The largest absolute Gasteiger partial charge is 0.289 e. The molecule has 0 aliphatic rings. The van der Waals surface area contributed by atoms with Crippen LogP contribution in [0.15, 0.2) is 0 Å². The van der Waals surface area contributed by atoms with Crippen LogP contribution >= 0.6 is 0 Å². The van der Waals surface area contributed by atoms with E-state index in [1.54, 1.807) is 9.80 Å². The molecule has 0 fully saturated rings. The van der Waals surface area contributed by atoms with Crippen molar-refractivity contribution in [3.63, 3.8) is 0 Å². The number of hydrogen-bond donors (Lipinski definition) is 2. The van der Waals surface area contributed by atoms with E-state index < -0.39 is 0 Å². The van der Waals surface area contributed by atoms with E-state index in [0.717, 1.165) is 0 Å². The standard InChI is InChI=1S/C9H22N2/c1-5-10(6-2)9-11(7-3)8-4/h5-9H2,1-4H3/p+2. The highest BCUT2D eigenvalue weighted by molar-refractivity contribution is 4.13. The van der Waals surface area contributed by atoms with E-state index in [1.807, 2.05) is 0 Å². The van der Waals surface area contributed by atoms with Gasteiger partial charge in [-0.1, -0.05) is 0 Å². The van der Waals surface area contributed by atoms with Crippen LogP contribution < -0.4 is 9.80 Å². The highest BCUT2D eigenvalue weighted by Gasteiger charge is 2.09. The fraction of sp³-hybridized carbons (Fsp3) is 1.00. The van der Waals surface area contributed by atoms with E-state index in [2.05, 4.69) is 27.7 Å². The average molecular weight is 160 g/mol. The Bertz CT molecular complexity index is 65.6. The zero-order valence-electron chi connectivity index (χ0n) is 8.54. The van der Waals surface area contributed by atoms with Crippen LogP contribution in [0.1, 0.15) is 27.7 Å². The Kier molecular flexibility index (Phi) is 6.57. The van der Waals surface area contributed by atoms with Crippen LogP contribution in [-0.4, -0.2) is 32.8 Å². The van der Waals surface area contributed by atoms with Crippen LogP contribution in [0.25, 0.3) is 0 Å². The summed E-state index contributed by atoms with van der Waals surface area (Å²) in [4.78, 5) is 3.42. The summed E-state index contributed by atoms with van der Waals surface area (Å²) in [5.41, 5.74) is 0. The first-order valence-corrected chi connectivity index (χ1v) is 4.95. The molecule has 0 radical (unpaired) electrons. The number of hydrogen-bond acceptors (Lipinski definition) is 0. The Morgan fingerprint density at radius 3 is 1.09 bits per heavy atom. The third kappa shape index (κ3) is 4.38. The second-order valence-corrected chi connectivity index (χ2v) is 3.09. The third-order valence-electron chi connectivity index (χ3n) is 2.50. The summed E-state index contributed by atoms with van der Waals surface area (Å²) >= 11 is 0. The van der Waals surface area contributed by atoms with Crippen molar-refractivity contribution in [1.29, 1.82) is 0 Å². The molecule has 0 aromatic carbocycles. The van der Waals surface area contributed by atoms with Gasteiger partial charge in [0.1, 0.15) is 0 Å². The van der Waals surface area contributed by atoms with Crippen LogP contribution in [0.2, 0.25) is 0 Å². The van der Waals surface area contributed by atoms with Gasteiger partial charge in [-0.05, 0) is 27.7 Å². The molecule has 0 heterocycles. The fourth-order valence-corrected chi connectivity index (χ4v) is 1.35. The molecule has 0 aliphatic heterocycles. The van der Waals surface area contributed by atoms with Gasteiger partial charge in [0, 0.05) is 0 Å². The van der Waals surface area contributed by atoms with Gasteiger partial charge < -0.3 is 0 Å². The highest BCUT2D eigenvalue weighted by atomic mass is 15.3. The maximum atomic E-state index is 2.27. The van der Waals surface area contributed by atoms with Crippen molar-refractivity contribution in [2.45, 2.75) is 27.7 Å². The lowest BCUT2D eigenvalue weighted by molar-refractivity contribution is -1.08. The van der Waals surface area contributed by atoms with Crippen LogP contribution in [0, 0.1) is 0 Å². The van der Waals surface area contributed by atoms with Crippen molar-refractivity contribution >= 4 is 0 Å². The molecule has 0 unspecified atom stereocenters. The normalized spacial score (nSPS) is 11.5. The van der Waals surface area contributed by atoms with Gasteiger partial charge in [-0.15, -0.1) is 0 Å². The third-order valence-corrected chi connectivity index (χ3v) is 2.50. The maximum absolute atomic E-state index is 2.27. The predicted octanol–water partition coefficient (Wildman–Crippen LogP) is -1.21. The highest BCUT2D eigenvalue weighted by Crippen LogP contribution is 1.47.